The Balaban J connectivity index is 2.05. The molecule has 3 aromatic rings. The first kappa shape index (κ1) is 11.0. The van der Waals surface area contributed by atoms with Gasteiger partial charge in [0.2, 0.25) is 0 Å². The number of fused-ring (bicyclic) bond motifs is 1. The zero-order valence-electron chi connectivity index (χ0n) is 9.08. The first-order valence-corrected chi connectivity index (χ1v) is 6.03. The van der Waals surface area contributed by atoms with Crippen LogP contribution in [-0.2, 0) is 6.54 Å². The molecule has 2 aromatic heterocycles. The van der Waals surface area contributed by atoms with Gasteiger partial charge in [-0.25, -0.2) is 14.1 Å². The number of halogens is 1. The molecule has 5 nitrogen and oxygen atoms in total. The molecule has 0 radical (unpaired) electrons. The largest absolute Gasteiger partial charge is 0.297 e. The van der Waals surface area contributed by atoms with E-state index < -0.39 is 0 Å². The number of hydrogen-bond acceptors (Lipinski definition) is 5. The zero-order valence-corrected chi connectivity index (χ0v) is 9.89. The summed E-state index contributed by atoms with van der Waals surface area (Å²) in [7, 11) is 0. The second-order valence-corrected chi connectivity index (χ2v) is 4.52. The van der Waals surface area contributed by atoms with Gasteiger partial charge in [-0.2, -0.15) is 0 Å². The monoisotopic (exact) mass is 262 g/mol. The average molecular weight is 262 g/mol. The van der Waals surface area contributed by atoms with Gasteiger partial charge in [0.25, 0.3) is 5.56 Å². The zero-order chi connectivity index (χ0) is 12.5. The van der Waals surface area contributed by atoms with Crippen molar-refractivity contribution < 1.29 is 4.39 Å². The normalized spacial score (nSPS) is 10.9. The minimum absolute atomic E-state index is 0.178. The number of thiazole rings is 1. The first-order valence-electron chi connectivity index (χ1n) is 5.15. The SMILES string of the molecule is O=c1c2ncsc2nnn1Cc1cccc(F)c1. The molecule has 0 unspecified atom stereocenters. The number of aromatic nitrogens is 4. The van der Waals surface area contributed by atoms with Crippen molar-refractivity contribution in [2.75, 3.05) is 0 Å². The maximum atomic E-state index is 13.0. The molecule has 0 aliphatic heterocycles. The second-order valence-electron chi connectivity index (χ2n) is 3.69. The fourth-order valence-electron chi connectivity index (χ4n) is 1.63. The van der Waals surface area contributed by atoms with E-state index in [2.05, 4.69) is 15.3 Å². The summed E-state index contributed by atoms with van der Waals surface area (Å²) in [5, 5.41) is 7.70. The molecule has 0 spiro atoms. The van der Waals surface area contributed by atoms with Crippen molar-refractivity contribution in [3.8, 4) is 0 Å². The highest BCUT2D eigenvalue weighted by Gasteiger charge is 2.08. The summed E-state index contributed by atoms with van der Waals surface area (Å²) < 4.78 is 14.2. The molecule has 0 aliphatic carbocycles. The van der Waals surface area contributed by atoms with E-state index in [1.165, 1.54) is 28.2 Å². The van der Waals surface area contributed by atoms with Crippen LogP contribution in [0, 0.1) is 5.82 Å². The summed E-state index contributed by atoms with van der Waals surface area (Å²) in [5.74, 6) is -0.344. The Hall–Kier alpha value is -2.15. The van der Waals surface area contributed by atoms with Gasteiger partial charge in [-0.1, -0.05) is 17.3 Å². The van der Waals surface area contributed by atoms with Gasteiger partial charge >= 0.3 is 0 Å². The van der Waals surface area contributed by atoms with Crippen LogP contribution in [0.1, 0.15) is 5.56 Å². The Morgan fingerprint density at radius 1 is 1.39 bits per heavy atom. The lowest BCUT2D eigenvalue weighted by Crippen LogP contribution is -2.24. The van der Waals surface area contributed by atoms with Crippen molar-refractivity contribution >= 4 is 21.7 Å². The molecule has 0 bridgehead atoms. The van der Waals surface area contributed by atoms with E-state index in [-0.39, 0.29) is 17.9 Å². The van der Waals surface area contributed by atoms with Crippen LogP contribution in [0.4, 0.5) is 4.39 Å². The van der Waals surface area contributed by atoms with Crippen LogP contribution >= 0.6 is 11.3 Å². The van der Waals surface area contributed by atoms with Gasteiger partial charge < -0.3 is 0 Å². The van der Waals surface area contributed by atoms with Crippen molar-refractivity contribution in [2.24, 2.45) is 0 Å². The lowest BCUT2D eigenvalue weighted by atomic mass is 10.2. The second kappa shape index (κ2) is 4.26. The van der Waals surface area contributed by atoms with Gasteiger partial charge in [-0.3, -0.25) is 4.79 Å². The van der Waals surface area contributed by atoms with E-state index in [4.69, 9.17) is 0 Å². The van der Waals surface area contributed by atoms with E-state index in [1.807, 2.05) is 0 Å². The van der Waals surface area contributed by atoms with Gasteiger partial charge in [0.05, 0.1) is 12.1 Å². The van der Waals surface area contributed by atoms with Crippen LogP contribution in [-0.4, -0.2) is 20.0 Å². The minimum Gasteiger partial charge on any atom is -0.265 e. The Morgan fingerprint density at radius 3 is 3.11 bits per heavy atom. The molecule has 0 amide bonds. The highest BCUT2D eigenvalue weighted by atomic mass is 32.1. The Labute approximate surface area is 105 Å². The summed E-state index contributed by atoms with van der Waals surface area (Å²) in [5.41, 5.74) is 2.19. The van der Waals surface area contributed by atoms with Gasteiger partial charge in [-0.05, 0) is 17.7 Å². The van der Waals surface area contributed by atoms with Gasteiger partial charge in [0.15, 0.2) is 10.3 Å². The predicted molar refractivity (Wildman–Crippen MR) is 65.0 cm³/mol. The number of rotatable bonds is 2. The Morgan fingerprint density at radius 2 is 2.28 bits per heavy atom. The van der Waals surface area contributed by atoms with Crippen LogP contribution in [0.25, 0.3) is 10.3 Å². The maximum Gasteiger partial charge on any atom is 0.297 e. The highest BCUT2D eigenvalue weighted by molar-refractivity contribution is 7.16. The number of nitrogens with zero attached hydrogens (tertiary/aromatic N) is 4. The van der Waals surface area contributed by atoms with Crippen LogP contribution in [0.2, 0.25) is 0 Å². The molecule has 1 aromatic carbocycles. The molecule has 3 rings (SSSR count). The summed E-state index contributed by atoms with van der Waals surface area (Å²) in [4.78, 5) is 16.4. The predicted octanol–water partition coefficient (Wildman–Crippen LogP) is 1.44. The van der Waals surface area contributed by atoms with E-state index in [0.29, 0.717) is 15.9 Å². The van der Waals surface area contributed by atoms with Crippen LogP contribution in [0.5, 0.6) is 0 Å². The van der Waals surface area contributed by atoms with E-state index in [1.54, 1.807) is 17.6 Å². The Kier molecular flexibility index (Phi) is 2.60. The average Bonchev–Trinajstić information content (AvgIpc) is 2.82. The number of benzene rings is 1. The third-order valence-corrected chi connectivity index (χ3v) is 3.16. The molecule has 0 aliphatic rings. The lowest BCUT2D eigenvalue weighted by molar-refractivity contribution is 0.590. The maximum absolute atomic E-state index is 13.0. The smallest absolute Gasteiger partial charge is 0.265 e. The van der Waals surface area contributed by atoms with Crippen molar-refractivity contribution in [3.05, 3.63) is 51.5 Å². The molecule has 18 heavy (non-hydrogen) atoms. The molecule has 2 heterocycles. The topological polar surface area (TPSA) is 60.7 Å². The van der Waals surface area contributed by atoms with Crippen LogP contribution in [0.3, 0.4) is 0 Å². The summed E-state index contributed by atoms with van der Waals surface area (Å²) >= 11 is 1.26. The van der Waals surface area contributed by atoms with E-state index in [0.717, 1.165) is 0 Å². The summed E-state index contributed by atoms with van der Waals surface area (Å²) in [6, 6.07) is 6.02. The molecule has 0 atom stereocenters. The molecule has 0 saturated heterocycles. The van der Waals surface area contributed by atoms with Crippen molar-refractivity contribution in [1.29, 1.82) is 0 Å². The fraction of sp³-hybridized carbons (Fsp3) is 0.0909. The first-order chi connectivity index (χ1) is 8.74. The minimum atomic E-state index is -0.344. The highest BCUT2D eigenvalue weighted by Crippen LogP contribution is 2.09. The summed E-state index contributed by atoms with van der Waals surface area (Å²) in [6.45, 7) is 0.178. The fourth-order valence-corrected chi connectivity index (χ4v) is 2.22. The third kappa shape index (κ3) is 1.88. The van der Waals surface area contributed by atoms with Gasteiger partial charge in [0, 0.05) is 0 Å². The standard InChI is InChI=1S/C11H7FN4OS/c12-8-3-1-2-7(4-8)5-16-11(17)9-10(14-15-16)18-6-13-9/h1-4,6H,5H2. The van der Waals surface area contributed by atoms with Crippen molar-refractivity contribution in [1.82, 2.24) is 20.0 Å². The summed E-state index contributed by atoms with van der Waals surface area (Å²) in [6.07, 6.45) is 0. The molecular formula is C11H7FN4OS. The van der Waals surface area contributed by atoms with Gasteiger partial charge in [0.1, 0.15) is 5.82 Å². The van der Waals surface area contributed by atoms with Crippen molar-refractivity contribution in [3.63, 3.8) is 0 Å². The molecule has 0 N–H and O–H groups in total. The third-order valence-electron chi connectivity index (χ3n) is 2.45. The molecular weight excluding hydrogens is 255 g/mol. The lowest BCUT2D eigenvalue weighted by Gasteiger charge is -2.03. The van der Waals surface area contributed by atoms with E-state index in [9.17, 15) is 9.18 Å². The van der Waals surface area contributed by atoms with Crippen LogP contribution < -0.4 is 5.56 Å². The quantitative estimate of drug-likeness (QED) is 0.701. The van der Waals surface area contributed by atoms with Gasteiger partial charge in [-0.15, -0.1) is 16.4 Å². The van der Waals surface area contributed by atoms with Crippen LogP contribution in [0.15, 0.2) is 34.6 Å². The number of hydrogen-bond donors (Lipinski definition) is 0. The van der Waals surface area contributed by atoms with E-state index >= 15 is 0 Å². The van der Waals surface area contributed by atoms with Crippen molar-refractivity contribution in [2.45, 2.75) is 6.54 Å². The molecule has 0 saturated carbocycles. The molecule has 7 heteroatoms. The molecule has 0 fully saturated rings. The molecule has 90 valence electrons. The Bertz CT molecular complexity index is 767.